The zero-order valence-corrected chi connectivity index (χ0v) is 10.6. The molecule has 0 saturated heterocycles. The molecule has 2 rings (SSSR count). The number of nitrogens with one attached hydrogen (secondary N) is 1. The summed E-state index contributed by atoms with van der Waals surface area (Å²) < 4.78 is 0. The van der Waals surface area contributed by atoms with Crippen LogP contribution < -0.4 is 5.32 Å². The fraction of sp³-hybridized carbons (Fsp3) is 0.154. The Kier molecular flexibility index (Phi) is 3.70. The largest absolute Gasteiger partial charge is 0.347 e. The van der Waals surface area contributed by atoms with Crippen molar-refractivity contribution in [1.82, 2.24) is 10.3 Å². The van der Waals surface area contributed by atoms with E-state index in [0.29, 0.717) is 17.8 Å². The van der Waals surface area contributed by atoms with Crippen molar-refractivity contribution in [2.75, 3.05) is 0 Å². The van der Waals surface area contributed by atoms with E-state index in [2.05, 4.69) is 16.4 Å². The first-order chi connectivity index (χ1) is 8.69. The third kappa shape index (κ3) is 2.93. The molecule has 0 atom stereocenters. The van der Waals surface area contributed by atoms with Crippen LogP contribution in [0.5, 0.6) is 0 Å². The maximum atomic E-state index is 11.7. The van der Waals surface area contributed by atoms with E-state index in [4.69, 9.17) is 5.26 Å². The first kappa shape index (κ1) is 12.3. The topological polar surface area (TPSA) is 65.8 Å². The third-order valence-corrected chi connectivity index (χ3v) is 3.16. The average Bonchev–Trinajstić information content (AvgIpc) is 2.83. The molecule has 4 nitrogen and oxygen atoms in total. The first-order valence-electron chi connectivity index (χ1n) is 5.38. The quantitative estimate of drug-likeness (QED) is 0.917. The number of nitriles is 1. The minimum absolute atomic E-state index is 0.177. The molecule has 0 aliphatic rings. The molecule has 0 spiro atoms. The van der Waals surface area contributed by atoms with Crippen LogP contribution in [0.1, 0.15) is 26.6 Å². The molecule has 0 aliphatic carbocycles. The highest BCUT2D eigenvalue weighted by atomic mass is 32.1. The second-order valence-electron chi connectivity index (χ2n) is 3.74. The molecule has 1 N–H and O–H groups in total. The van der Waals surface area contributed by atoms with Crippen LogP contribution in [0, 0.1) is 18.3 Å². The van der Waals surface area contributed by atoms with Crippen LogP contribution in [-0.2, 0) is 6.54 Å². The number of rotatable bonds is 3. The summed E-state index contributed by atoms with van der Waals surface area (Å²) in [7, 11) is 0. The Bertz CT molecular complexity index is 595. The molecule has 0 unspecified atom stereocenters. The molecule has 0 saturated carbocycles. The lowest BCUT2D eigenvalue weighted by Crippen LogP contribution is -2.23. The van der Waals surface area contributed by atoms with Crippen molar-refractivity contribution >= 4 is 17.2 Å². The van der Waals surface area contributed by atoms with Crippen molar-refractivity contribution in [1.29, 1.82) is 5.26 Å². The third-order valence-electron chi connectivity index (χ3n) is 2.39. The molecule has 1 amide bonds. The summed E-state index contributed by atoms with van der Waals surface area (Å²) >= 11 is 1.45. The van der Waals surface area contributed by atoms with E-state index >= 15 is 0 Å². The van der Waals surface area contributed by atoms with Crippen molar-refractivity contribution < 1.29 is 4.79 Å². The maximum Gasteiger partial charge on any atom is 0.271 e. The summed E-state index contributed by atoms with van der Waals surface area (Å²) in [6, 6.07) is 9.16. The number of carbonyl (C=O) groups is 1. The van der Waals surface area contributed by atoms with Crippen molar-refractivity contribution in [3.63, 3.8) is 0 Å². The molecule has 0 bridgehead atoms. The van der Waals surface area contributed by atoms with Crippen LogP contribution in [0.3, 0.4) is 0 Å². The number of benzene rings is 1. The van der Waals surface area contributed by atoms with Gasteiger partial charge < -0.3 is 5.32 Å². The monoisotopic (exact) mass is 257 g/mol. The van der Waals surface area contributed by atoms with Gasteiger partial charge in [-0.25, -0.2) is 4.98 Å². The predicted octanol–water partition coefficient (Wildman–Crippen LogP) is 2.25. The summed E-state index contributed by atoms with van der Waals surface area (Å²) in [5.41, 5.74) is 2.01. The fourth-order valence-electron chi connectivity index (χ4n) is 1.44. The Morgan fingerprint density at radius 3 is 2.72 bits per heavy atom. The van der Waals surface area contributed by atoms with Crippen LogP contribution in [0.15, 0.2) is 29.6 Å². The summed E-state index contributed by atoms with van der Waals surface area (Å²) in [5, 5.41) is 14.1. The van der Waals surface area contributed by atoms with E-state index < -0.39 is 0 Å². The molecule has 5 heteroatoms. The van der Waals surface area contributed by atoms with Gasteiger partial charge in [0.25, 0.3) is 5.91 Å². The molecule has 18 heavy (non-hydrogen) atoms. The Morgan fingerprint density at radius 1 is 1.44 bits per heavy atom. The summed E-state index contributed by atoms with van der Waals surface area (Å²) in [5.74, 6) is -0.177. The summed E-state index contributed by atoms with van der Waals surface area (Å²) in [6.45, 7) is 2.29. The molecular formula is C13H11N3OS. The van der Waals surface area contributed by atoms with E-state index in [-0.39, 0.29) is 5.91 Å². The van der Waals surface area contributed by atoms with Gasteiger partial charge in [0.15, 0.2) is 0 Å². The smallest absolute Gasteiger partial charge is 0.271 e. The number of aromatic nitrogens is 1. The number of thiazole rings is 1. The van der Waals surface area contributed by atoms with Crippen molar-refractivity contribution in [3.05, 3.63) is 51.5 Å². The Hall–Kier alpha value is -2.19. The molecule has 1 heterocycles. The molecule has 90 valence electrons. The van der Waals surface area contributed by atoms with Gasteiger partial charge in [-0.3, -0.25) is 4.79 Å². The number of hydrogen-bond donors (Lipinski definition) is 1. The van der Waals surface area contributed by atoms with Crippen LogP contribution in [0.2, 0.25) is 0 Å². The van der Waals surface area contributed by atoms with E-state index in [9.17, 15) is 4.79 Å². The van der Waals surface area contributed by atoms with Gasteiger partial charge in [0.05, 0.1) is 16.6 Å². The first-order valence-corrected chi connectivity index (χ1v) is 6.26. The van der Waals surface area contributed by atoms with Crippen molar-refractivity contribution in [3.8, 4) is 6.07 Å². The number of hydrogen-bond acceptors (Lipinski definition) is 4. The van der Waals surface area contributed by atoms with Gasteiger partial charge in [0.1, 0.15) is 5.69 Å². The predicted molar refractivity (Wildman–Crippen MR) is 69.2 cm³/mol. The van der Waals surface area contributed by atoms with Gasteiger partial charge in [-0.05, 0) is 24.6 Å². The molecule has 1 aromatic heterocycles. The summed E-state index contributed by atoms with van der Waals surface area (Å²) in [6.07, 6.45) is 0. The standard InChI is InChI=1S/C13H11N3OS/c1-9-16-12(8-18-9)13(17)15-7-11-4-2-10(6-14)3-5-11/h2-5,8H,7H2,1H3,(H,15,17). The second-order valence-corrected chi connectivity index (χ2v) is 4.81. The lowest BCUT2D eigenvalue weighted by atomic mass is 10.1. The van der Waals surface area contributed by atoms with E-state index in [1.54, 1.807) is 17.5 Å². The Balaban J connectivity index is 1.95. The van der Waals surface area contributed by atoms with Gasteiger partial charge in [0.2, 0.25) is 0 Å². The second kappa shape index (κ2) is 5.43. The van der Waals surface area contributed by atoms with Gasteiger partial charge in [-0.1, -0.05) is 12.1 Å². The van der Waals surface area contributed by atoms with E-state index in [1.807, 2.05) is 19.1 Å². The van der Waals surface area contributed by atoms with Crippen LogP contribution in [-0.4, -0.2) is 10.9 Å². The molecule has 0 fully saturated rings. The lowest BCUT2D eigenvalue weighted by Gasteiger charge is -2.03. The molecular weight excluding hydrogens is 246 g/mol. The Morgan fingerprint density at radius 2 is 2.17 bits per heavy atom. The van der Waals surface area contributed by atoms with Gasteiger partial charge in [-0.15, -0.1) is 11.3 Å². The minimum Gasteiger partial charge on any atom is -0.347 e. The molecule has 0 aliphatic heterocycles. The number of amides is 1. The number of nitrogens with zero attached hydrogens (tertiary/aromatic N) is 2. The van der Waals surface area contributed by atoms with Crippen molar-refractivity contribution in [2.24, 2.45) is 0 Å². The van der Waals surface area contributed by atoms with Crippen LogP contribution >= 0.6 is 11.3 Å². The van der Waals surface area contributed by atoms with Crippen molar-refractivity contribution in [2.45, 2.75) is 13.5 Å². The highest BCUT2D eigenvalue weighted by Crippen LogP contribution is 2.08. The van der Waals surface area contributed by atoms with Gasteiger partial charge in [0, 0.05) is 11.9 Å². The zero-order chi connectivity index (χ0) is 13.0. The minimum atomic E-state index is -0.177. The van der Waals surface area contributed by atoms with Crippen LogP contribution in [0.4, 0.5) is 0 Å². The lowest BCUT2D eigenvalue weighted by molar-refractivity contribution is 0.0946. The van der Waals surface area contributed by atoms with E-state index in [0.717, 1.165) is 10.6 Å². The number of aryl methyl sites for hydroxylation is 1. The van der Waals surface area contributed by atoms with E-state index in [1.165, 1.54) is 11.3 Å². The molecule has 0 radical (unpaired) electrons. The fourth-order valence-corrected chi connectivity index (χ4v) is 2.03. The summed E-state index contributed by atoms with van der Waals surface area (Å²) in [4.78, 5) is 15.8. The number of carbonyl (C=O) groups excluding carboxylic acids is 1. The highest BCUT2D eigenvalue weighted by Gasteiger charge is 2.08. The molecule has 1 aromatic carbocycles. The molecule has 2 aromatic rings. The normalized spacial score (nSPS) is 9.78. The SMILES string of the molecule is Cc1nc(C(=O)NCc2ccc(C#N)cc2)cs1. The average molecular weight is 257 g/mol. The Labute approximate surface area is 109 Å². The van der Waals surface area contributed by atoms with Crippen LogP contribution in [0.25, 0.3) is 0 Å². The zero-order valence-electron chi connectivity index (χ0n) is 9.80. The van der Waals surface area contributed by atoms with Gasteiger partial charge >= 0.3 is 0 Å². The maximum absolute atomic E-state index is 11.7. The highest BCUT2D eigenvalue weighted by molar-refractivity contribution is 7.09. The van der Waals surface area contributed by atoms with Gasteiger partial charge in [-0.2, -0.15) is 5.26 Å².